The molecule has 0 amide bonds. The lowest BCUT2D eigenvalue weighted by molar-refractivity contribution is -0.245. The van der Waals surface area contributed by atoms with E-state index in [2.05, 4.69) is 18.7 Å². The highest BCUT2D eigenvalue weighted by molar-refractivity contribution is 5.09. The fourth-order valence-corrected chi connectivity index (χ4v) is 3.69. The molecule has 17 heavy (non-hydrogen) atoms. The van der Waals surface area contributed by atoms with Gasteiger partial charge >= 0.3 is 0 Å². The maximum absolute atomic E-state index is 9.90. The van der Waals surface area contributed by atoms with Gasteiger partial charge in [0.2, 0.25) is 0 Å². The Kier molecular flexibility index (Phi) is 2.91. The number of aliphatic hydroxyl groups is 1. The molecule has 5 nitrogen and oxygen atoms in total. The minimum absolute atomic E-state index is 0.0458. The zero-order chi connectivity index (χ0) is 12.2. The molecule has 4 atom stereocenters. The van der Waals surface area contributed by atoms with Crippen LogP contribution >= 0.6 is 0 Å². The summed E-state index contributed by atoms with van der Waals surface area (Å²) in [6.07, 6.45) is 1.42. The summed E-state index contributed by atoms with van der Waals surface area (Å²) in [5.74, 6) is 0. The first-order valence-corrected chi connectivity index (χ1v) is 6.41. The SMILES string of the molecule is COC1OC2C(O1)C1CC(O)CC2N1C(C)C. The van der Waals surface area contributed by atoms with Crippen LogP contribution < -0.4 is 0 Å². The summed E-state index contributed by atoms with van der Waals surface area (Å²) in [5, 5.41) is 9.90. The van der Waals surface area contributed by atoms with Crippen LogP contribution in [0.5, 0.6) is 0 Å². The molecule has 98 valence electrons. The summed E-state index contributed by atoms with van der Waals surface area (Å²) >= 11 is 0. The van der Waals surface area contributed by atoms with Gasteiger partial charge in [0.25, 0.3) is 6.48 Å². The van der Waals surface area contributed by atoms with E-state index < -0.39 is 6.48 Å². The first-order chi connectivity index (χ1) is 8.11. The van der Waals surface area contributed by atoms with E-state index in [0.717, 1.165) is 12.8 Å². The van der Waals surface area contributed by atoms with E-state index in [-0.39, 0.29) is 30.4 Å². The fourth-order valence-electron chi connectivity index (χ4n) is 3.69. The molecule has 3 heterocycles. The number of methoxy groups -OCH3 is 1. The van der Waals surface area contributed by atoms with Gasteiger partial charge in [-0.1, -0.05) is 0 Å². The van der Waals surface area contributed by atoms with Gasteiger partial charge in [0.1, 0.15) is 12.2 Å². The van der Waals surface area contributed by atoms with Crippen LogP contribution in [0.1, 0.15) is 26.7 Å². The zero-order valence-corrected chi connectivity index (χ0v) is 10.6. The number of hydrogen-bond acceptors (Lipinski definition) is 5. The van der Waals surface area contributed by atoms with Gasteiger partial charge in [-0.3, -0.25) is 4.90 Å². The number of aliphatic hydroxyl groups excluding tert-OH is 1. The third-order valence-electron chi connectivity index (χ3n) is 4.20. The van der Waals surface area contributed by atoms with Crippen LogP contribution in [-0.4, -0.2) is 60.0 Å². The van der Waals surface area contributed by atoms with E-state index in [4.69, 9.17) is 14.2 Å². The third-order valence-corrected chi connectivity index (χ3v) is 4.20. The fraction of sp³-hybridized carbons (Fsp3) is 1.00. The monoisotopic (exact) mass is 243 g/mol. The van der Waals surface area contributed by atoms with Gasteiger partial charge in [0, 0.05) is 25.2 Å². The molecule has 0 aromatic rings. The Morgan fingerprint density at radius 1 is 1.18 bits per heavy atom. The van der Waals surface area contributed by atoms with E-state index >= 15 is 0 Å². The lowest BCUT2D eigenvalue weighted by Crippen LogP contribution is -2.51. The second-order valence-corrected chi connectivity index (χ2v) is 5.53. The second-order valence-electron chi connectivity index (χ2n) is 5.53. The number of hydrogen-bond donors (Lipinski definition) is 1. The Bertz CT molecular complexity index is 276. The molecule has 2 bridgehead atoms. The van der Waals surface area contributed by atoms with Gasteiger partial charge in [-0.2, -0.15) is 0 Å². The van der Waals surface area contributed by atoms with Crippen LogP contribution in [0.15, 0.2) is 0 Å². The summed E-state index contributed by atoms with van der Waals surface area (Å²) in [5.41, 5.74) is 0. The average Bonchev–Trinajstić information content (AvgIpc) is 2.77. The average molecular weight is 243 g/mol. The number of ether oxygens (including phenoxy) is 3. The van der Waals surface area contributed by atoms with Crippen molar-refractivity contribution in [3.63, 3.8) is 0 Å². The first-order valence-electron chi connectivity index (χ1n) is 6.41. The Balaban J connectivity index is 1.84. The minimum atomic E-state index is -0.528. The van der Waals surface area contributed by atoms with Crippen LogP contribution in [-0.2, 0) is 14.2 Å². The lowest BCUT2D eigenvalue weighted by Gasteiger charge is -2.41. The van der Waals surface area contributed by atoms with Crippen LogP contribution in [0.3, 0.4) is 0 Å². The summed E-state index contributed by atoms with van der Waals surface area (Å²) in [6, 6.07) is 0.971. The van der Waals surface area contributed by atoms with E-state index in [1.165, 1.54) is 0 Å². The normalized spacial score (nSPS) is 49.9. The van der Waals surface area contributed by atoms with E-state index in [1.54, 1.807) is 7.11 Å². The van der Waals surface area contributed by atoms with Crippen molar-refractivity contribution in [3.8, 4) is 0 Å². The van der Waals surface area contributed by atoms with Crippen molar-refractivity contribution < 1.29 is 19.3 Å². The molecule has 0 radical (unpaired) electrons. The number of piperidine rings is 1. The topological polar surface area (TPSA) is 51.2 Å². The number of rotatable bonds is 2. The molecule has 5 heteroatoms. The Morgan fingerprint density at radius 3 is 2.12 bits per heavy atom. The van der Waals surface area contributed by atoms with Crippen molar-refractivity contribution in [2.24, 2.45) is 0 Å². The highest BCUT2D eigenvalue weighted by atomic mass is 16.9. The highest BCUT2D eigenvalue weighted by Gasteiger charge is 2.59. The molecule has 3 aliphatic rings. The van der Waals surface area contributed by atoms with Crippen molar-refractivity contribution in [3.05, 3.63) is 0 Å². The quantitative estimate of drug-likeness (QED) is 0.757. The van der Waals surface area contributed by atoms with Gasteiger partial charge < -0.3 is 19.3 Å². The molecule has 0 spiro atoms. The van der Waals surface area contributed by atoms with Crippen LogP contribution in [0, 0.1) is 0 Å². The van der Waals surface area contributed by atoms with Crippen molar-refractivity contribution in [2.75, 3.05) is 7.11 Å². The molecule has 0 aromatic heterocycles. The smallest absolute Gasteiger partial charge is 0.272 e. The Labute approximate surface area is 102 Å². The molecule has 4 unspecified atom stereocenters. The van der Waals surface area contributed by atoms with Gasteiger partial charge in [-0.25, -0.2) is 0 Å². The zero-order valence-electron chi connectivity index (χ0n) is 10.6. The van der Waals surface area contributed by atoms with Crippen LogP contribution in [0.4, 0.5) is 0 Å². The van der Waals surface area contributed by atoms with Gasteiger partial charge in [-0.05, 0) is 26.7 Å². The summed E-state index contributed by atoms with van der Waals surface area (Å²) < 4.78 is 16.7. The van der Waals surface area contributed by atoms with Crippen molar-refractivity contribution in [1.29, 1.82) is 0 Å². The molecule has 3 fully saturated rings. The van der Waals surface area contributed by atoms with E-state index in [9.17, 15) is 5.11 Å². The van der Waals surface area contributed by atoms with E-state index in [0.29, 0.717) is 6.04 Å². The molecule has 0 saturated carbocycles. The van der Waals surface area contributed by atoms with Crippen molar-refractivity contribution in [2.45, 2.75) is 69.6 Å². The maximum Gasteiger partial charge on any atom is 0.272 e. The lowest BCUT2D eigenvalue weighted by atomic mass is 9.98. The molecule has 3 rings (SSSR count). The van der Waals surface area contributed by atoms with Crippen LogP contribution in [0.25, 0.3) is 0 Å². The van der Waals surface area contributed by atoms with Gasteiger partial charge in [-0.15, -0.1) is 0 Å². The summed E-state index contributed by atoms with van der Waals surface area (Å²) in [6.45, 7) is 3.85. The predicted molar refractivity (Wildman–Crippen MR) is 60.3 cm³/mol. The van der Waals surface area contributed by atoms with Crippen molar-refractivity contribution in [1.82, 2.24) is 4.90 Å². The van der Waals surface area contributed by atoms with E-state index in [1.807, 2.05) is 0 Å². The second kappa shape index (κ2) is 4.17. The molecule has 0 aliphatic carbocycles. The highest BCUT2D eigenvalue weighted by Crippen LogP contribution is 2.44. The van der Waals surface area contributed by atoms with Gasteiger partial charge in [0.15, 0.2) is 0 Å². The standard InChI is InChI=1S/C12H21NO4/c1-6(2)13-8-4-7(14)5-9(13)11-10(8)16-12(15-3)17-11/h6-12,14H,4-5H2,1-3H3. The third kappa shape index (κ3) is 1.72. The van der Waals surface area contributed by atoms with Crippen LogP contribution in [0.2, 0.25) is 0 Å². The largest absolute Gasteiger partial charge is 0.393 e. The molecular weight excluding hydrogens is 222 g/mol. The van der Waals surface area contributed by atoms with Crippen molar-refractivity contribution >= 4 is 0 Å². The Hall–Kier alpha value is -0.200. The first kappa shape index (κ1) is 11.9. The molecule has 0 aromatic carbocycles. The molecular formula is C12H21NO4. The van der Waals surface area contributed by atoms with Gasteiger partial charge in [0.05, 0.1) is 6.10 Å². The molecule has 1 N–H and O–H groups in total. The minimum Gasteiger partial charge on any atom is -0.393 e. The summed E-state index contributed by atoms with van der Waals surface area (Å²) in [4.78, 5) is 2.44. The molecule has 3 saturated heterocycles. The number of fused-ring (bicyclic) bond motifs is 5. The molecule has 3 aliphatic heterocycles. The summed E-state index contributed by atoms with van der Waals surface area (Å²) in [7, 11) is 1.59. The maximum atomic E-state index is 9.90. The Morgan fingerprint density at radius 2 is 1.71 bits per heavy atom. The number of nitrogens with zero attached hydrogens (tertiary/aromatic N) is 1. The predicted octanol–water partition coefficient (Wildman–Crippen LogP) is 0.316.